The van der Waals surface area contributed by atoms with Gasteiger partial charge in [-0.05, 0) is 35.9 Å². The van der Waals surface area contributed by atoms with E-state index < -0.39 is 0 Å². The molecule has 0 radical (unpaired) electrons. The minimum atomic E-state index is 0.196. The summed E-state index contributed by atoms with van der Waals surface area (Å²) < 4.78 is 6.65. The predicted octanol–water partition coefficient (Wildman–Crippen LogP) is 2.72. The van der Waals surface area contributed by atoms with Crippen molar-refractivity contribution >= 4 is 23.2 Å². The van der Waals surface area contributed by atoms with Crippen LogP contribution >= 0.6 is 23.2 Å². The standard InChI is InChI=1S/C10H9Cl2N3O/c1-16-6-9-13-10(12)14-15(9)8-4-2-7(11)3-5-8/h2-5H,6H2,1H3. The summed E-state index contributed by atoms with van der Waals surface area (Å²) in [5, 5.41) is 4.94. The summed E-state index contributed by atoms with van der Waals surface area (Å²) in [6.45, 7) is 0.350. The maximum atomic E-state index is 5.81. The Kier molecular flexibility index (Phi) is 3.43. The van der Waals surface area contributed by atoms with Gasteiger partial charge in [-0.15, -0.1) is 5.10 Å². The molecule has 16 heavy (non-hydrogen) atoms. The van der Waals surface area contributed by atoms with Gasteiger partial charge in [0, 0.05) is 12.1 Å². The summed E-state index contributed by atoms with van der Waals surface area (Å²) >= 11 is 11.6. The average molecular weight is 258 g/mol. The van der Waals surface area contributed by atoms with Crippen molar-refractivity contribution in [1.82, 2.24) is 14.8 Å². The number of aromatic nitrogens is 3. The zero-order chi connectivity index (χ0) is 11.5. The summed E-state index contributed by atoms with van der Waals surface area (Å²) in [6, 6.07) is 7.24. The van der Waals surface area contributed by atoms with Gasteiger partial charge in [0.2, 0.25) is 5.28 Å². The Balaban J connectivity index is 2.42. The first-order valence-corrected chi connectivity index (χ1v) is 5.32. The SMILES string of the molecule is COCc1nc(Cl)nn1-c1ccc(Cl)cc1. The smallest absolute Gasteiger partial charge is 0.243 e. The fourth-order valence-corrected chi connectivity index (χ4v) is 1.63. The zero-order valence-corrected chi connectivity index (χ0v) is 10.0. The molecule has 0 atom stereocenters. The van der Waals surface area contributed by atoms with Crippen LogP contribution in [0, 0.1) is 0 Å². The van der Waals surface area contributed by atoms with E-state index in [1.807, 2.05) is 12.1 Å². The van der Waals surface area contributed by atoms with Crippen molar-refractivity contribution in [2.75, 3.05) is 7.11 Å². The molecule has 4 nitrogen and oxygen atoms in total. The highest BCUT2D eigenvalue weighted by atomic mass is 35.5. The van der Waals surface area contributed by atoms with Gasteiger partial charge in [0.25, 0.3) is 0 Å². The third kappa shape index (κ3) is 2.35. The number of hydrogen-bond acceptors (Lipinski definition) is 3. The van der Waals surface area contributed by atoms with E-state index in [2.05, 4.69) is 10.1 Å². The summed E-state index contributed by atoms with van der Waals surface area (Å²) in [7, 11) is 1.59. The van der Waals surface area contributed by atoms with E-state index in [0.717, 1.165) is 5.69 Å². The molecule has 0 aliphatic carbocycles. The van der Waals surface area contributed by atoms with Gasteiger partial charge in [0.1, 0.15) is 6.61 Å². The van der Waals surface area contributed by atoms with Crippen LogP contribution in [0.15, 0.2) is 24.3 Å². The van der Waals surface area contributed by atoms with Crippen LogP contribution in [0.5, 0.6) is 0 Å². The summed E-state index contributed by atoms with van der Waals surface area (Å²) in [4.78, 5) is 4.06. The lowest BCUT2D eigenvalue weighted by atomic mass is 10.3. The van der Waals surface area contributed by atoms with E-state index in [1.54, 1.807) is 23.9 Å². The first-order valence-electron chi connectivity index (χ1n) is 4.57. The number of benzene rings is 1. The Morgan fingerprint density at radius 3 is 2.56 bits per heavy atom. The molecule has 2 aromatic rings. The molecule has 0 bridgehead atoms. The molecule has 0 spiro atoms. The Morgan fingerprint density at radius 1 is 1.25 bits per heavy atom. The van der Waals surface area contributed by atoms with Gasteiger partial charge in [-0.25, -0.2) is 4.68 Å². The first kappa shape index (κ1) is 11.4. The molecular formula is C10H9Cl2N3O. The van der Waals surface area contributed by atoms with Crippen molar-refractivity contribution in [3.05, 3.63) is 40.4 Å². The fraction of sp³-hybridized carbons (Fsp3) is 0.200. The van der Waals surface area contributed by atoms with Crippen LogP contribution in [0.4, 0.5) is 0 Å². The highest BCUT2D eigenvalue weighted by molar-refractivity contribution is 6.30. The highest BCUT2D eigenvalue weighted by Crippen LogP contribution is 2.16. The van der Waals surface area contributed by atoms with Crippen LogP contribution in [0.1, 0.15) is 5.82 Å². The Morgan fingerprint density at radius 2 is 1.94 bits per heavy atom. The van der Waals surface area contributed by atoms with Gasteiger partial charge < -0.3 is 4.74 Å². The lowest BCUT2D eigenvalue weighted by Crippen LogP contribution is -2.03. The minimum absolute atomic E-state index is 0.196. The average Bonchev–Trinajstić information content (AvgIpc) is 2.61. The van der Waals surface area contributed by atoms with E-state index in [0.29, 0.717) is 17.5 Å². The summed E-state index contributed by atoms with van der Waals surface area (Å²) in [6.07, 6.45) is 0. The molecule has 1 heterocycles. The molecule has 1 aromatic heterocycles. The Hall–Kier alpha value is -1.10. The van der Waals surface area contributed by atoms with E-state index in [-0.39, 0.29) is 5.28 Å². The number of hydrogen-bond donors (Lipinski definition) is 0. The van der Waals surface area contributed by atoms with Crippen molar-refractivity contribution < 1.29 is 4.74 Å². The Bertz CT molecular complexity index is 481. The fourth-order valence-electron chi connectivity index (χ4n) is 1.33. The van der Waals surface area contributed by atoms with Crippen LogP contribution in [-0.2, 0) is 11.3 Å². The largest absolute Gasteiger partial charge is 0.377 e. The lowest BCUT2D eigenvalue weighted by molar-refractivity contribution is 0.176. The van der Waals surface area contributed by atoms with Crippen molar-refractivity contribution in [3.8, 4) is 5.69 Å². The molecule has 0 aliphatic heterocycles. The molecule has 0 fully saturated rings. The third-order valence-corrected chi connectivity index (χ3v) is 2.41. The quantitative estimate of drug-likeness (QED) is 0.849. The maximum Gasteiger partial charge on any atom is 0.243 e. The minimum Gasteiger partial charge on any atom is -0.377 e. The Labute approximate surface area is 103 Å². The van der Waals surface area contributed by atoms with Gasteiger partial charge in [-0.3, -0.25) is 0 Å². The van der Waals surface area contributed by atoms with Crippen LogP contribution in [-0.4, -0.2) is 21.9 Å². The molecule has 84 valence electrons. The number of ether oxygens (including phenoxy) is 1. The number of nitrogens with zero attached hydrogens (tertiary/aromatic N) is 3. The molecule has 2 rings (SSSR count). The van der Waals surface area contributed by atoms with Gasteiger partial charge in [0.05, 0.1) is 5.69 Å². The van der Waals surface area contributed by atoms with E-state index in [1.165, 1.54) is 0 Å². The normalized spacial score (nSPS) is 10.7. The molecule has 0 saturated heterocycles. The third-order valence-electron chi connectivity index (χ3n) is 1.99. The van der Waals surface area contributed by atoms with Gasteiger partial charge in [-0.2, -0.15) is 4.98 Å². The number of halogens is 2. The topological polar surface area (TPSA) is 39.9 Å². The van der Waals surface area contributed by atoms with E-state index >= 15 is 0 Å². The van der Waals surface area contributed by atoms with Crippen molar-refractivity contribution in [2.24, 2.45) is 0 Å². The van der Waals surface area contributed by atoms with Crippen LogP contribution < -0.4 is 0 Å². The van der Waals surface area contributed by atoms with E-state index in [4.69, 9.17) is 27.9 Å². The highest BCUT2D eigenvalue weighted by Gasteiger charge is 2.09. The van der Waals surface area contributed by atoms with Gasteiger partial charge in [-0.1, -0.05) is 11.6 Å². The number of methoxy groups -OCH3 is 1. The van der Waals surface area contributed by atoms with Crippen molar-refractivity contribution in [3.63, 3.8) is 0 Å². The van der Waals surface area contributed by atoms with Crippen LogP contribution in [0.25, 0.3) is 5.69 Å². The second kappa shape index (κ2) is 4.82. The van der Waals surface area contributed by atoms with Crippen LogP contribution in [0.2, 0.25) is 10.3 Å². The monoisotopic (exact) mass is 257 g/mol. The molecule has 0 saturated carbocycles. The second-order valence-corrected chi connectivity index (χ2v) is 3.89. The molecule has 6 heteroatoms. The molecule has 0 unspecified atom stereocenters. The molecule has 0 N–H and O–H groups in total. The summed E-state index contributed by atoms with van der Waals surface area (Å²) in [5.74, 6) is 0.648. The maximum absolute atomic E-state index is 5.81. The zero-order valence-electron chi connectivity index (χ0n) is 8.52. The molecular weight excluding hydrogens is 249 g/mol. The van der Waals surface area contributed by atoms with Crippen molar-refractivity contribution in [1.29, 1.82) is 0 Å². The molecule has 0 amide bonds. The van der Waals surface area contributed by atoms with Gasteiger partial charge in [0.15, 0.2) is 5.82 Å². The summed E-state index contributed by atoms with van der Waals surface area (Å²) in [5.41, 5.74) is 0.843. The number of rotatable bonds is 3. The molecule has 0 aliphatic rings. The molecule has 1 aromatic carbocycles. The van der Waals surface area contributed by atoms with Crippen molar-refractivity contribution in [2.45, 2.75) is 6.61 Å². The van der Waals surface area contributed by atoms with E-state index in [9.17, 15) is 0 Å². The second-order valence-electron chi connectivity index (χ2n) is 3.12. The van der Waals surface area contributed by atoms with Crippen LogP contribution in [0.3, 0.4) is 0 Å². The van der Waals surface area contributed by atoms with Gasteiger partial charge >= 0.3 is 0 Å². The lowest BCUT2D eigenvalue weighted by Gasteiger charge is -2.04. The predicted molar refractivity (Wildman–Crippen MR) is 62.1 cm³/mol. The first-order chi connectivity index (χ1) is 7.70.